The molecular weight excluding hydrogens is 725 g/mol. The van der Waals surface area contributed by atoms with Crippen molar-refractivity contribution in [2.24, 2.45) is 10.2 Å². The van der Waals surface area contributed by atoms with Crippen molar-refractivity contribution >= 4 is 11.4 Å². The zero-order valence-electron chi connectivity index (χ0n) is 36.4. The van der Waals surface area contributed by atoms with Gasteiger partial charge in [0.05, 0.1) is 31.2 Å². The normalized spacial score (nSPS) is 11.9. The largest absolute Gasteiger partial charge is 0.491 e. The molecule has 8 nitrogen and oxygen atoms in total. The molecule has 0 aromatic heterocycles. The molecule has 0 saturated carbocycles. The number of benzene rings is 3. The first-order chi connectivity index (χ1) is 28.6. The molecule has 0 bridgehead atoms. The number of unbranched alkanes of at least 4 members (excludes halogenated alkanes) is 22. The number of aliphatic hydroxyl groups excluding tert-OH is 2. The van der Waals surface area contributed by atoms with Crippen molar-refractivity contribution in [3.8, 4) is 23.0 Å². The number of rotatable bonds is 37. The van der Waals surface area contributed by atoms with Crippen LogP contribution in [0.4, 0.5) is 11.4 Å². The van der Waals surface area contributed by atoms with Gasteiger partial charge in [0.25, 0.3) is 0 Å². The van der Waals surface area contributed by atoms with Crippen LogP contribution in [0.5, 0.6) is 23.0 Å². The summed E-state index contributed by atoms with van der Waals surface area (Å²) in [4.78, 5) is 0. The maximum atomic E-state index is 9.46. The van der Waals surface area contributed by atoms with Crippen LogP contribution in [0.25, 0.3) is 0 Å². The lowest BCUT2D eigenvalue weighted by Crippen LogP contribution is -2.21. The van der Waals surface area contributed by atoms with Crippen LogP contribution < -0.4 is 18.9 Å². The molecule has 3 rings (SSSR count). The predicted molar refractivity (Wildman–Crippen MR) is 240 cm³/mol. The minimum atomic E-state index is -0.907. The smallest absolute Gasteiger partial charge is 0.161 e. The van der Waals surface area contributed by atoms with Gasteiger partial charge in [0, 0.05) is 0 Å². The van der Waals surface area contributed by atoms with E-state index in [0.29, 0.717) is 36.9 Å². The summed E-state index contributed by atoms with van der Waals surface area (Å²) in [6.45, 7) is 6.07. The van der Waals surface area contributed by atoms with E-state index < -0.39 is 6.10 Å². The van der Waals surface area contributed by atoms with Crippen LogP contribution in [0, 0.1) is 0 Å². The van der Waals surface area contributed by atoms with E-state index in [0.717, 1.165) is 35.7 Å². The molecule has 3 aromatic rings. The van der Waals surface area contributed by atoms with Gasteiger partial charge in [-0.25, -0.2) is 0 Å². The number of aliphatic hydroxyl groups is 2. The summed E-state index contributed by atoms with van der Waals surface area (Å²) < 4.78 is 24.3. The van der Waals surface area contributed by atoms with E-state index in [1.54, 1.807) is 24.3 Å². The molecule has 0 aliphatic rings. The molecule has 0 aliphatic carbocycles. The summed E-state index contributed by atoms with van der Waals surface area (Å²) >= 11 is 0. The quantitative estimate of drug-likeness (QED) is 0.0445. The number of ether oxygens (including phenoxy) is 4. The fourth-order valence-corrected chi connectivity index (χ4v) is 6.87. The lowest BCUT2D eigenvalue weighted by molar-refractivity contribution is 0.0536. The van der Waals surface area contributed by atoms with Gasteiger partial charge in [-0.1, -0.05) is 161 Å². The predicted octanol–water partition coefficient (Wildman–Crippen LogP) is 14.6. The Morgan fingerprint density at radius 2 is 0.845 bits per heavy atom. The molecule has 1 atom stereocenters. The molecule has 2 N–H and O–H groups in total. The fraction of sp³-hybridized carbons (Fsp3) is 0.640. The third-order valence-electron chi connectivity index (χ3n) is 10.5. The Bertz CT molecular complexity index is 1430. The maximum absolute atomic E-state index is 9.46. The van der Waals surface area contributed by atoms with E-state index in [9.17, 15) is 5.11 Å². The average Bonchev–Trinajstić information content (AvgIpc) is 3.25. The van der Waals surface area contributed by atoms with Gasteiger partial charge < -0.3 is 29.2 Å². The molecule has 0 saturated heterocycles. The first-order valence-corrected chi connectivity index (χ1v) is 23.2. The molecule has 3 aromatic carbocycles. The van der Waals surface area contributed by atoms with E-state index >= 15 is 0 Å². The Labute approximate surface area is 352 Å². The Balaban J connectivity index is 1.42. The lowest BCUT2D eigenvalue weighted by Gasteiger charge is -2.15. The molecule has 0 spiro atoms. The Kier molecular flexibility index (Phi) is 27.9. The second kappa shape index (κ2) is 33.2. The number of hydrogen-bond acceptors (Lipinski definition) is 8. The van der Waals surface area contributed by atoms with Gasteiger partial charge in [-0.3, -0.25) is 0 Å². The van der Waals surface area contributed by atoms with Gasteiger partial charge in [-0.15, -0.1) is 0 Å². The third kappa shape index (κ3) is 23.7. The van der Waals surface area contributed by atoms with E-state index in [4.69, 9.17) is 24.1 Å². The van der Waals surface area contributed by atoms with E-state index in [2.05, 4.69) is 36.2 Å². The monoisotopic (exact) mass is 803 g/mol. The Morgan fingerprint density at radius 1 is 0.448 bits per heavy atom. The highest BCUT2D eigenvalue weighted by Gasteiger charge is 2.09. The minimum Gasteiger partial charge on any atom is -0.491 e. The van der Waals surface area contributed by atoms with Gasteiger partial charge in [-0.05, 0) is 79.1 Å². The van der Waals surface area contributed by atoms with Crippen LogP contribution in [-0.4, -0.2) is 42.7 Å². The summed E-state index contributed by atoms with van der Waals surface area (Å²) in [5.74, 6) is 2.96. The van der Waals surface area contributed by atoms with Gasteiger partial charge in [0.15, 0.2) is 11.5 Å². The molecule has 0 amide bonds. The van der Waals surface area contributed by atoms with Gasteiger partial charge >= 0.3 is 0 Å². The summed E-state index contributed by atoms with van der Waals surface area (Å²) in [6.07, 6.45) is 30.9. The van der Waals surface area contributed by atoms with Gasteiger partial charge in [-0.2, -0.15) is 10.2 Å². The summed E-state index contributed by atoms with van der Waals surface area (Å²) in [7, 11) is 0. The SMILES string of the molecule is CCCCCCCCCCCCCCOc1ccc(COc2ccc(N=Nc3ccc(OCC(O)CO)cc3)cc2)cc1OCCCCCCCCCCCCCC. The number of hydrogen-bond donors (Lipinski definition) is 2. The van der Waals surface area contributed by atoms with Crippen LogP contribution in [-0.2, 0) is 6.61 Å². The second-order valence-electron chi connectivity index (χ2n) is 15.9. The second-order valence-corrected chi connectivity index (χ2v) is 15.9. The first-order valence-electron chi connectivity index (χ1n) is 23.2. The van der Waals surface area contributed by atoms with Crippen molar-refractivity contribution < 1.29 is 29.2 Å². The third-order valence-corrected chi connectivity index (χ3v) is 10.5. The molecule has 0 heterocycles. The van der Waals surface area contributed by atoms with Crippen molar-refractivity contribution in [3.63, 3.8) is 0 Å². The zero-order valence-corrected chi connectivity index (χ0v) is 36.4. The van der Waals surface area contributed by atoms with Crippen LogP contribution in [0.2, 0.25) is 0 Å². The first kappa shape index (κ1) is 48.7. The van der Waals surface area contributed by atoms with E-state index in [1.165, 1.54) is 141 Å². The number of nitrogens with zero attached hydrogens (tertiary/aromatic N) is 2. The average molecular weight is 803 g/mol. The molecule has 58 heavy (non-hydrogen) atoms. The molecule has 1 unspecified atom stereocenters. The topological polar surface area (TPSA) is 102 Å². The fourth-order valence-electron chi connectivity index (χ4n) is 6.87. The highest BCUT2D eigenvalue weighted by atomic mass is 16.5. The molecular formula is C50H78N2O6. The summed E-state index contributed by atoms with van der Waals surface area (Å²) in [5, 5.41) is 27.1. The van der Waals surface area contributed by atoms with Crippen LogP contribution in [0.3, 0.4) is 0 Å². The minimum absolute atomic E-state index is 0.0273. The molecule has 324 valence electrons. The number of azo groups is 1. The van der Waals surface area contributed by atoms with Gasteiger partial charge in [0.1, 0.15) is 30.8 Å². The van der Waals surface area contributed by atoms with Crippen molar-refractivity contribution in [3.05, 3.63) is 72.3 Å². The summed E-state index contributed by atoms with van der Waals surface area (Å²) in [6, 6.07) is 20.8. The standard InChI is InChI=1S/C50H78N2O6/c1-3-5-7-9-11-13-15-17-19-21-23-25-37-55-49-36-27-43(39-50(49)56-38-26-24-22-20-18-16-14-12-10-8-6-4-2)41-57-47-32-28-44(29-33-47)51-52-45-30-34-48(35-31-45)58-42-46(54)40-53/h27-36,39,46,53-54H,3-26,37-38,40-42H2,1-2H3. The van der Waals surface area contributed by atoms with E-state index in [1.807, 2.05) is 30.3 Å². The Morgan fingerprint density at radius 3 is 1.28 bits per heavy atom. The molecule has 0 aliphatic heterocycles. The van der Waals surface area contributed by atoms with Crippen LogP contribution in [0.15, 0.2) is 77.0 Å². The van der Waals surface area contributed by atoms with E-state index in [-0.39, 0.29) is 13.2 Å². The van der Waals surface area contributed by atoms with Crippen molar-refractivity contribution in [2.75, 3.05) is 26.4 Å². The Hall–Kier alpha value is -3.62. The highest BCUT2D eigenvalue weighted by Crippen LogP contribution is 2.30. The maximum Gasteiger partial charge on any atom is 0.161 e. The molecule has 0 fully saturated rings. The zero-order chi connectivity index (χ0) is 41.1. The van der Waals surface area contributed by atoms with Crippen molar-refractivity contribution in [2.45, 2.75) is 181 Å². The van der Waals surface area contributed by atoms with Crippen molar-refractivity contribution in [1.29, 1.82) is 0 Å². The van der Waals surface area contributed by atoms with Crippen LogP contribution in [0.1, 0.15) is 174 Å². The van der Waals surface area contributed by atoms with Crippen LogP contribution >= 0.6 is 0 Å². The molecule has 8 heteroatoms. The lowest BCUT2D eigenvalue weighted by atomic mass is 10.1. The van der Waals surface area contributed by atoms with Gasteiger partial charge in [0.2, 0.25) is 0 Å². The summed E-state index contributed by atoms with van der Waals surface area (Å²) in [5.41, 5.74) is 2.42. The highest BCUT2D eigenvalue weighted by molar-refractivity contribution is 5.45. The molecule has 0 radical (unpaired) electrons. The van der Waals surface area contributed by atoms with Crippen molar-refractivity contribution in [1.82, 2.24) is 0 Å².